The van der Waals surface area contributed by atoms with Crippen molar-refractivity contribution in [2.75, 3.05) is 20.2 Å². The zero-order valence-corrected chi connectivity index (χ0v) is 22.1. The van der Waals surface area contributed by atoms with Crippen LogP contribution in [0, 0.1) is 10.1 Å². The third kappa shape index (κ3) is 5.68. The van der Waals surface area contributed by atoms with Crippen molar-refractivity contribution in [3.05, 3.63) is 117 Å². The summed E-state index contributed by atoms with van der Waals surface area (Å²) in [5.74, 6) is 0.578. The molecular formula is C30H31N5O4. The van der Waals surface area contributed by atoms with Crippen LogP contribution in [0.3, 0.4) is 0 Å². The Hall–Kier alpha value is -4.50. The lowest BCUT2D eigenvalue weighted by Gasteiger charge is -2.28. The molecule has 0 N–H and O–H groups in total. The van der Waals surface area contributed by atoms with Crippen molar-refractivity contribution < 1.29 is 14.5 Å². The van der Waals surface area contributed by atoms with Crippen molar-refractivity contribution in [1.82, 2.24) is 19.6 Å². The minimum atomic E-state index is -0.484. The van der Waals surface area contributed by atoms with E-state index in [1.54, 1.807) is 24.1 Å². The van der Waals surface area contributed by atoms with Crippen LogP contribution < -0.4 is 4.74 Å². The number of carbonyl (C=O) groups excluding carboxylic acids is 1. The zero-order chi connectivity index (χ0) is 27.4. The second-order valence-corrected chi connectivity index (χ2v) is 9.55. The van der Waals surface area contributed by atoms with Crippen molar-refractivity contribution >= 4 is 11.6 Å². The van der Waals surface area contributed by atoms with E-state index in [4.69, 9.17) is 9.84 Å². The standard InChI is InChI=1S/C30H31N5O4/c1-3-33(30(36)23-8-7-11-25(18-23)35(37)38)21-28-27-20-32(19-22-12-14-26(39-2)15-13-22)17-16-29(27)34(31-28)24-9-5-4-6-10-24/h4-15,18H,3,16-17,19-21H2,1-2H3. The van der Waals surface area contributed by atoms with E-state index < -0.39 is 4.92 Å². The van der Waals surface area contributed by atoms with E-state index in [0.29, 0.717) is 25.2 Å². The molecule has 0 aliphatic carbocycles. The maximum absolute atomic E-state index is 13.4. The molecule has 1 aliphatic rings. The summed E-state index contributed by atoms with van der Waals surface area (Å²) < 4.78 is 7.29. The molecule has 0 atom stereocenters. The summed E-state index contributed by atoms with van der Waals surface area (Å²) in [5, 5.41) is 16.3. The Balaban J connectivity index is 1.44. The van der Waals surface area contributed by atoms with Gasteiger partial charge in [0, 0.05) is 55.9 Å². The van der Waals surface area contributed by atoms with Gasteiger partial charge in [0.1, 0.15) is 5.75 Å². The van der Waals surface area contributed by atoms with E-state index >= 15 is 0 Å². The Morgan fingerprint density at radius 3 is 2.54 bits per heavy atom. The number of nitrogens with zero attached hydrogens (tertiary/aromatic N) is 5. The first-order valence-electron chi connectivity index (χ1n) is 13.0. The highest BCUT2D eigenvalue weighted by molar-refractivity contribution is 5.94. The summed E-state index contributed by atoms with van der Waals surface area (Å²) in [6.45, 7) is 5.07. The highest BCUT2D eigenvalue weighted by Gasteiger charge is 2.28. The number of carbonyl (C=O) groups is 1. The van der Waals surface area contributed by atoms with Crippen molar-refractivity contribution in [3.8, 4) is 11.4 Å². The largest absolute Gasteiger partial charge is 0.497 e. The number of aromatic nitrogens is 2. The van der Waals surface area contributed by atoms with Crippen molar-refractivity contribution in [3.63, 3.8) is 0 Å². The fourth-order valence-corrected chi connectivity index (χ4v) is 5.02. The van der Waals surface area contributed by atoms with Gasteiger partial charge in [0.05, 0.1) is 35.7 Å². The molecule has 3 aromatic carbocycles. The molecule has 0 radical (unpaired) electrons. The van der Waals surface area contributed by atoms with Crippen LogP contribution >= 0.6 is 0 Å². The number of ether oxygens (including phenoxy) is 1. The van der Waals surface area contributed by atoms with Crippen molar-refractivity contribution in [2.45, 2.75) is 33.0 Å². The molecule has 0 fully saturated rings. The molecule has 1 amide bonds. The summed E-state index contributed by atoms with van der Waals surface area (Å²) in [7, 11) is 1.66. The van der Waals surface area contributed by atoms with Crippen LogP contribution in [0.5, 0.6) is 5.75 Å². The monoisotopic (exact) mass is 525 g/mol. The Morgan fingerprint density at radius 2 is 1.85 bits per heavy atom. The Morgan fingerprint density at radius 1 is 1.08 bits per heavy atom. The highest BCUT2D eigenvalue weighted by atomic mass is 16.6. The number of benzene rings is 3. The first-order valence-corrected chi connectivity index (χ1v) is 13.0. The van der Waals surface area contributed by atoms with E-state index in [-0.39, 0.29) is 11.6 Å². The molecule has 5 rings (SSSR count). The van der Waals surface area contributed by atoms with E-state index in [0.717, 1.165) is 47.9 Å². The van der Waals surface area contributed by atoms with Gasteiger partial charge in [0.25, 0.3) is 11.6 Å². The molecule has 9 heteroatoms. The fraction of sp³-hybridized carbons (Fsp3) is 0.267. The van der Waals surface area contributed by atoms with Gasteiger partial charge in [0.2, 0.25) is 0 Å². The fourth-order valence-electron chi connectivity index (χ4n) is 5.02. The number of hydrogen-bond acceptors (Lipinski definition) is 6. The van der Waals surface area contributed by atoms with Gasteiger partial charge < -0.3 is 9.64 Å². The number of non-ortho nitro benzene ring substituents is 1. The molecule has 2 heterocycles. The van der Waals surface area contributed by atoms with Crippen LogP contribution in [0.1, 0.15) is 39.8 Å². The average molecular weight is 526 g/mol. The van der Waals surface area contributed by atoms with Crippen LogP contribution in [-0.4, -0.2) is 50.6 Å². The predicted molar refractivity (Wildman–Crippen MR) is 148 cm³/mol. The molecule has 1 aliphatic heterocycles. The van der Waals surface area contributed by atoms with Crippen LogP contribution in [0.4, 0.5) is 5.69 Å². The Kier molecular flexibility index (Phi) is 7.69. The van der Waals surface area contributed by atoms with Gasteiger partial charge in [-0.15, -0.1) is 0 Å². The molecule has 0 saturated carbocycles. The second-order valence-electron chi connectivity index (χ2n) is 9.55. The third-order valence-corrected chi connectivity index (χ3v) is 7.10. The first kappa shape index (κ1) is 26.1. The van der Waals surface area contributed by atoms with Gasteiger partial charge in [-0.1, -0.05) is 36.4 Å². The molecule has 9 nitrogen and oxygen atoms in total. The lowest BCUT2D eigenvalue weighted by atomic mass is 10.0. The third-order valence-electron chi connectivity index (χ3n) is 7.10. The molecule has 39 heavy (non-hydrogen) atoms. The SMILES string of the molecule is CCN(Cc1nn(-c2ccccc2)c2c1CN(Cc1ccc(OC)cc1)CC2)C(=O)c1cccc([N+](=O)[O-])c1. The number of amides is 1. The van der Waals surface area contributed by atoms with Crippen LogP contribution in [0.25, 0.3) is 5.69 Å². The summed E-state index contributed by atoms with van der Waals surface area (Å²) in [5.41, 5.74) is 5.50. The molecule has 0 saturated heterocycles. The lowest BCUT2D eigenvalue weighted by Crippen LogP contribution is -2.33. The number of rotatable bonds is 9. The van der Waals surface area contributed by atoms with Gasteiger partial charge in [-0.25, -0.2) is 4.68 Å². The van der Waals surface area contributed by atoms with E-state index in [9.17, 15) is 14.9 Å². The van der Waals surface area contributed by atoms with Crippen LogP contribution in [0.15, 0.2) is 78.9 Å². The van der Waals surface area contributed by atoms with E-state index in [1.807, 2.05) is 54.1 Å². The Labute approximate surface area is 227 Å². The van der Waals surface area contributed by atoms with E-state index in [2.05, 4.69) is 17.0 Å². The molecular weight excluding hydrogens is 494 g/mol. The molecule has 4 aromatic rings. The minimum Gasteiger partial charge on any atom is -0.497 e. The summed E-state index contributed by atoms with van der Waals surface area (Å²) in [6.07, 6.45) is 0.832. The summed E-state index contributed by atoms with van der Waals surface area (Å²) >= 11 is 0. The summed E-state index contributed by atoms with van der Waals surface area (Å²) in [6, 6.07) is 24.0. The number of nitro benzene ring substituents is 1. The van der Waals surface area contributed by atoms with Crippen LogP contribution in [-0.2, 0) is 26.1 Å². The summed E-state index contributed by atoms with van der Waals surface area (Å²) in [4.78, 5) is 28.3. The smallest absolute Gasteiger partial charge is 0.270 e. The maximum atomic E-state index is 13.4. The molecule has 200 valence electrons. The topological polar surface area (TPSA) is 93.7 Å². The van der Waals surface area contributed by atoms with Gasteiger partial charge in [-0.3, -0.25) is 19.8 Å². The number of para-hydroxylation sites is 1. The van der Waals surface area contributed by atoms with Gasteiger partial charge in [-0.2, -0.15) is 5.10 Å². The normalized spacial score (nSPS) is 13.1. The number of hydrogen-bond donors (Lipinski definition) is 0. The van der Waals surface area contributed by atoms with Crippen molar-refractivity contribution in [2.24, 2.45) is 0 Å². The molecule has 1 aromatic heterocycles. The average Bonchev–Trinajstić information content (AvgIpc) is 3.34. The first-order chi connectivity index (χ1) is 19.0. The second kappa shape index (κ2) is 11.5. The van der Waals surface area contributed by atoms with Crippen LogP contribution in [0.2, 0.25) is 0 Å². The Bertz CT molecular complexity index is 1470. The van der Waals surface area contributed by atoms with Gasteiger partial charge >= 0.3 is 0 Å². The van der Waals surface area contributed by atoms with Gasteiger partial charge in [-0.05, 0) is 42.8 Å². The lowest BCUT2D eigenvalue weighted by molar-refractivity contribution is -0.384. The van der Waals surface area contributed by atoms with E-state index in [1.165, 1.54) is 17.7 Å². The maximum Gasteiger partial charge on any atom is 0.270 e. The quantitative estimate of drug-likeness (QED) is 0.225. The van der Waals surface area contributed by atoms with Gasteiger partial charge in [0.15, 0.2) is 0 Å². The zero-order valence-electron chi connectivity index (χ0n) is 22.1. The predicted octanol–water partition coefficient (Wildman–Crippen LogP) is 5.01. The molecule has 0 bridgehead atoms. The number of nitro groups is 1. The molecule has 0 unspecified atom stereocenters. The van der Waals surface area contributed by atoms with Crippen molar-refractivity contribution in [1.29, 1.82) is 0 Å². The molecule has 0 spiro atoms. The highest BCUT2D eigenvalue weighted by Crippen LogP contribution is 2.28. The number of fused-ring (bicyclic) bond motifs is 1. The minimum absolute atomic E-state index is 0.100. The number of methoxy groups -OCH3 is 1.